The van der Waals surface area contributed by atoms with Gasteiger partial charge in [0.25, 0.3) is 0 Å². The Balaban J connectivity index is 1.27. The van der Waals surface area contributed by atoms with Crippen molar-refractivity contribution in [1.82, 2.24) is 4.57 Å². The molecule has 0 unspecified atom stereocenters. The van der Waals surface area contributed by atoms with E-state index in [0.717, 1.165) is 22.6 Å². The van der Waals surface area contributed by atoms with Gasteiger partial charge in [0.05, 0.1) is 16.7 Å². The number of rotatable bonds is 4. The average molecular weight is 561 g/mol. The van der Waals surface area contributed by atoms with Crippen molar-refractivity contribution in [3.05, 3.63) is 175 Å². The Labute approximate surface area is 256 Å². The van der Waals surface area contributed by atoms with Gasteiger partial charge in [-0.15, -0.1) is 0 Å². The van der Waals surface area contributed by atoms with E-state index in [-0.39, 0.29) is 0 Å². The zero-order chi connectivity index (χ0) is 29.2. The molecule has 1 aromatic heterocycles. The largest absolute Gasteiger partial charge is 0.310 e. The Kier molecular flexibility index (Phi) is 5.38. The van der Waals surface area contributed by atoms with Gasteiger partial charge in [0.1, 0.15) is 0 Å². The number of nitrogens with zero attached hydrogens (tertiary/aromatic N) is 2. The van der Waals surface area contributed by atoms with Crippen LogP contribution in [0, 0.1) is 0 Å². The highest BCUT2D eigenvalue weighted by molar-refractivity contribution is 6.12. The fourth-order valence-corrected chi connectivity index (χ4v) is 7.07. The van der Waals surface area contributed by atoms with Crippen LogP contribution in [0.1, 0.15) is 11.1 Å². The molecule has 0 amide bonds. The summed E-state index contributed by atoms with van der Waals surface area (Å²) in [4.78, 5) is 2.36. The van der Waals surface area contributed by atoms with Gasteiger partial charge in [0, 0.05) is 33.2 Å². The number of aromatic nitrogens is 1. The topological polar surface area (TPSA) is 8.17 Å². The Bertz CT molecular complexity index is 2410. The van der Waals surface area contributed by atoms with Crippen LogP contribution in [0.5, 0.6) is 0 Å². The molecule has 0 radical (unpaired) electrons. The molecule has 8 aromatic rings. The summed E-state index contributed by atoms with van der Waals surface area (Å²) in [5, 5.41) is 4.95. The van der Waals surface area contributed by atoms with Gasteiger partial charge in [0.2, 0.25) is 0 Å². The van der Waals surface area contributed by atoms with Gasteiger partial charge in [-0.05, 0) is 87.8 Å². The lowest BCUT2D eigenvalue weighted by atomic mass is 10.0. The predicted molar refractivity (Wildman–Crippen MR) is 187 cm³/mol. The van der Waals surface area contributed by atoms with E-state index in [1.165, 1.54) is 60.5 Å². The Morgan fingerprint density at radius 1 is 0.409 bits per heavy atom. The van der Waals surface area contributed by atoms with Gasteiger partial charge in [-0.25, -0.2) is 0 Å². The summed E-state index contributed by atoms with van der Waals surface area (Å²) in [5.74, 6) is 0. The molecule has 7 aromatic carbocycles. The average Bonchev–Trinajstić information content (AvgIpc) is 3.56. The molecule has 0 N–H and O–H groups in total. The molecule has 0 spiro atoms. The van der Waals surface area contributed by atoms with E-state index in [1.54, 1.807) is 0 Å². The van der Waals surface area contributed by atoms with E-state index < -0.39 is 0 Å². The molecular formula is C42H28N2. The van der Waals surface area contributed by atoms with Crippen molar-refractivity contribution in [2.45, 2.75) is 0 Å². The van der Waals surface area contributed by atoms with Crippen LogP contribution in [-0.2, 0) is 0 Å². The Hall–Kier alpha value is -5.86. The van der Waals surface area contributed by atoms with Crippen molar-refractivity contribution in [1.29, 1.82) is 0 Å². The first-order valence-electron chi connectivity index (χ1n) is 15.1. The van der Waals surface area contributed by atoms with Gasteiger partial charge in [-0.1, -0.05) is 110 Å². The maximum atomic E-state index is 4.49. The van der Waals surface area contributed by atoms with Crippen molar-refractivity contribution in [3.63, 3.8) is 0 Å². The standard InChI is InChI=1S/C42H28N2/c1-28-33-16-7-8-18-35(33)36-24-22-31(26-38(28)36)43(30-14-3-2-4-15-30)32-23-25-42-39(27-32)37-19-9-10-20-41(37)44(42)40-21-11-13-29-12-5-6-17-34(29)40/h2-27H,1H2. The van der Waals surface area contributed by atoms with Gasteiger partial charge in [-0.2, -0.15) is 0 Å². The van der Waals surface area contributed by atoms with Crippen LogP contribution in [0.3, 0.4) is 0 Å². The molecule has 0 saturated carbocycles. The highest BCUT2D eigenvalue weighted by atomic mass is 15.1. The second-order valence-corrected chi connectivity index (χ2v) is 11.5. The molecule has 9 rings (SSSR count). The number of hydrogen-bond donors (Lipinski definition) is 0. The lowest BCUT2D eigenvalue weighted by molar-refractivity contribution is 1.20. The van der Waals surface area contributed by atoms with Crippen molar-refractivity contribution in [2.24, 2.45) is 0 Å². The predicted octanol–water partition coefficient (Wildman–Crippen LogP) is 11.4. The zero-order valence-electron chi connectivity index (χ0n) is 24.1. The summed E-state index contributed by atoms with van der Waals surface area (Å²) in [7, 11) is 0. The van der Waals surface area contributed by atoms with Gasteiger partial charge in [-0.3, -0.25) is 0 Å². The van der Waals surface area contributed by atoms with Crippen LogP contribution in [0.2, 0.25) is 0 Å². The molecule has 2 nitrogen and oxygen atoms in total. The fraction of sp³-hybridized carbons (Fsp3) is 0. The highest BCUT2D eigenvalue weighted by Gasteiger charge is 2.24. The normalized spacial score (nSPS) is 12.1. The maximum absolute atomic E-state index is 4.49. The molecule has 0 fully saturated rings. The van der Waals surface area contributed by atoms with Crippen LogP contribution >= 0.6 is 0 Å². The molecule has 0 aliphatic heterocycles. The molecule has 206 valence electrons. The number of hydrogen-bond acceptors (Lipinski definition) is 1. The summed E-state index contributed by atoms with van der Waals surface area (Å²) in [6, 6.07) is 56.9. The smallest absolute Gasteiger partial charge is 0.0542 e. The quantitative estimate of drug-likeness (QED) is 0.208. The van der Waals surface area contributed by atoms with E-state index in [9.17, 15) is 0 Å². The minimum atomic E-state index is 1.08. The summed E-state index contributed by atoms with van der Waals surface area (Å²) >= 11 is 0. The number of fused-ring (bicyclic) bond motifs is 7. The van der Waals surface area contributed by atoms with E-state index in [4.69, 9.17) is 0 Å². The van der Waals surface area contributed by atoms with Crippen LogP contribution in [0.4, 0.5) is 17.1 Å². The van der Waals surface area contributed by atoms with E-state index in [1.807, 2.05) is 0 Å². The molecule has 0 bridgehead atoms. The Morgan fingerprint density at radius 2 is 1.05 bits per heavy atom. The second-order valence-electron chi connectivity index (χ2n) is 11.5. The van der Waals surface area contributed by atoms with Gasteiger partial charge < -0.3 is 9.47 Å². The minimum absolute atomic E-state index is 1.08. The van der Waals surface area contributed by atoms with Gasteiger partial charge in [0.15, 0.2) is 0 Å². The van der Waals surface area contributed by atoms with Crippen molar-refractivity contribution < 1.29 is 0 Å². The second kappa shape index (κ2) is 9.58. The maximum Gasteiger partial charge on any atom is 0.0542 e. The third kappa shape index (κ3) is 3.61. The highest BCUT2D eigenvalue weighted by Crippen LogP contribution is 2.47. The van der Waals surface area contributed by atoms with E-state index >= 15 is 0 Å². The third-order valence-electron chi connectivity index (χ3n) is 9.07. The van der Waals surface area contributed by atoms with Gasteiger partial charge >= 0.3 is 0 Å². The van der Waals surface area contributed by atoms with Crippen molar-refractivity contribution in [2.75, 3.05) is 4.90 Å². The zero-order valence-corrected chi connectivity index (χ0v) is 24.1. The summed E-state index contributed by atoms with van der Waals surface area (Å²) < 4.78 is 2.42. The van der Waals surface area contributed by atoms with E-state index in [2.05, 4.69) is 174 Å². The number of benzene rings is 7. The van der Waals surface area contributed by atoms with Crippen LogP contribution in [0.15, 0.2) is 164 Å². The SMILES string of the molecule is C=C1c2ccccc2-c2ccc(N(c3ccccc3)c3ccc4c(c3)c3ccccc3n4-c3cccc4ccccc34)cc21. The van der Waals surface area contributed by atoms with Crippen LogP contribution in [-0.4, -0.2) is 4.57 Å². The number of anilines is 3. The molecule has 2 heteroatoms. The molecule has 44 heavy (non-hydrogen) atoms. The van der Waals surface area contributed by atoms with Crippen molar-refractivity contribution >= 4 is 55.2 Å². The first-order valence-corrected chi connectivity index (χ1v) is 15.1. The lowest BCUT2D eigenvalue weighted by Gasteiger charge is -2.26. The molecular weight excluding hydrogens is 532 g/mol. The van der Waals surface area contributed by atoms with Crippen LogP contribution < -0.4 is 4.90 Å². The summed E-state index contributed by atoms with van der Waals surface area (Å²) in [6.45, 7) is 4.49. The minimum Gasteiger partial charge on any atom is -0.310 e. The molecule has 1 aliphatic carbocycles. The molecule has 0 saturated heterocycles. The molecule has 1 heterocycles. The first-order chi connectivity index (χ1) is 21.8. The Morgan fingerprint density at radius 3 is 1.93 bits per heavy atom. The first kappa shape index (κ1) is 24.7. The van der Waals surface area contributed by atoms with Crippen molar-refractivity contribution in [3.8, 4) is 16.8 Å². The van der Waals surface area contributed by atoms with E-state index in [0.29, 0.717) is 0 Å². The monoisotopic (exact) mass is 560 g/mol. The molecule has 0 atom stereocenters. The number of para-hydroxylation sites is 2. The van der Waals surface area contributed by atoms with Crippen LogP contribution in [0.25, 0.3) is 55.0 Å². The molecule has 1 aliphatic rings. The third-order valence-corrected chi connectivity index (χ3v) is 9.07. The lowest BCUT2D eigenvalue weighted by Crippen LogP contribution is -2.10. The fourth-order valence-electron chi connectivity index (χ4n) is 7.07. The summed E-state index contributed by atoms with van der Waals surface area (Å²) in [6.07, 6.45) is 0. The summed E-state index contributed by atoms with van der Waals surface area (Å²) in [5.41, 5.74) is 12.9.